The lowest BCUT2D eigenvalue weighted by atomic mass is 9.98. The lowest BCUT2D eigenvalue weighted by Gasteiger charge is -2.22. The first-order valence-electron chi connectivity index (χ1n) is 23.9. The highest BCUT2D eigenvalue weighted by Crippen LogP contribution is 2.47. The molecule has 12 rings (SSSR count). The van der Waals surface area contributed by atoms with Crippen LogP contribution in [0.4, 0.5) is 30.2 Å². The molecule has 0 radical (unpaired) electrons. The van der Waals surface area contributed by atoms with Gasteiger partial charge in [-0.1, -0.05) is 115 Å². The van der Waals surface area contributed by atoms with Gasteiger partial charge >= 0.3 is 6.18 Å². The minimum atomic E-state index is -4.89. The number of nitriles is 2. The highest BCUT2D eigenvalue weighted by molar-refractivity contribution is 6.14. The van der Waals surface area contributed by atoms with E-state index in [0.717, 1.165) is 55.3 Å². The van der Waals surface area contributed by atoms with E-state index in [4.69, 9.17) is 19.7 Å². The maximum Gasteiger partial charge on any atom is 0.418 e. The molecule has 0 aliphatic rings. The molecule has 0 aliphatic heterocycles. The van der Waals surface area contributed by atoms with Gasteiger partial charge in [0.1, 0.15) is 0 Å². The summed E-state index contributed by atoms with van der Waals surface area (Å²) < 4.78 is 53.0. The van der Waals surface area contributed by atoms with Gasteiger partial charge in [-0.3, -0.25) is 0 Å². The average molecular weight is 982 g/mol. The zero-order chi connectivity index (χ0) is 52.2. The number of nitrogens with zero attached hydrogens (tertiary/aromatic N) is 7. The quantitative estimate of drug-likeness (QED) is 0.149. The van der Waals surface area contributed by atoms with E-state index in [9.17, 15) is 10.5 Å². The van der Waals surface area contributed by atoms with Crippen LogP contribution < -0.4 is 0 Å². The summed E-state index contributed by atoms with van der Waals surface area (Å²) in [4.78, 5) is 10.8. The number of aromatic nitrogens is 2. The normalized spacial score (nSPS) is 11.3. The minimum absolute atomic E-state index is 0.116. The number of halogens is 3. The second-order valence-corrected chi connectivity index (χ2v) is 18.3. The molecule has 0 spiro atoms. The predicted molar refractivity (Wildman–Crippen MR) is 296 cm³/mol. The van der Waals surface area contributed by atoms with Gasteiger partial charge in [-0.2, -0.15) is 23.7 Å². The van der Waals surface area contributed by atoms with Crippen molar-refractivity contribution >= 4 is 60.7 Å². The van der Waals surface area contributed by atoms with Crippen LogP contribution in [0.3, 0.4) is 0 Å². The number of fused-ring (bicyclic) bond motifs is 6. The Hall–Kier alpha value is -11.0. The predicted octanol–water partition coefficient (Wildman–Crippen LogP) is 18.6. The summed E-state index contributed by atoms with van der Waals surface area (Å²) in [6, 6.07) is 66.1. The number of hydrogen-bond donors (Lipinski definition) is 0. The highest BCUT2D eigenvalue weighted by Gasteiger charge is 2.37. The Bertz CT molecular complexity index is 4360. The van der Waals surface area contributed by atoms with Crippen LogP contribution in [-0.4, -0.2) is 9.13 Å². The molecule has 76 heavy (non-hydrogen) atoms. The van der Waals surface area contributed by atoms with Crippen LogP contribution in [-0.2, 0) is 6.18 Å². The lowest BCUT2D eigenvalue weighted by molar-refractivity contribution is -0.137. The van der Waals surface area contributed by atoms with Crippen LogP contribution in [0.5, 0.6) is 0 Å². The first-order chi connectivity index (χ1) is 37.0. The average Bonchev–Trinajstić information content (AvgIpc) is 4.14. The Balaban J connectivity index is 1.16. The third-order valence-corrected chi connectivity index (χ3v) is 14.1. The summed E-state index contributed by atoms with van der Waals surface area (Å²) in [6.45, 7) is 23.0. The topological polar surface area (TPSA) is 70.5 Å². The molecule has 12 aromatic rings. The van der Waals surface area contributed by atoms with Crippen LogP contribution in [0, 0.1) is 42.4 Å². The van der Waals surface area contributed by atoms with Crippen LogP contribution in [0.15, 0.2) is 206 Å². The third-order valence-electron chi connectivity index (χ3n) is 14.1. The summed E-state index contributed by atoms with van der Waals surface area (Å²) in [5.74, 6) is 0. The Morgan fingerprint density at radius 1 is 0.355 bits per heavy atom. The first-order valence-corrected chi connectivity index (χ1v) is 23.9. The number of benzene rings is 10. The summed E-state index contributed by atoms with van der Waals surface area (Å²) >= 11 is 0. The van der Waals surface area contributed by atoms with Gasteiger partial charge in [0.2, 0.25) is 0 Å². The molecule has 0 atom stereocenters. The van der Waals surface area contributed by atoms with Crippen molar-refractivity contribution in [1.29, 1.82) is 10.5 Å². The van der Waals surface area contributed by atoms with Gasteiger partial charge in [0.15, 0.2) is 17.1 Å². The van der Waals surface area contributed by atoms with Crippen molar-refractivity contribution in [2.45, 2.75) is 6.18 Å². The van der Waals surface area contributed by atoms with E-state index in [1.807, 2.05) is 132 Å². The van der Waals surface area contributed by atoms with E-state index in [-0.39, 0.29) is 11.4 Å². The van der Waals surface area contributed by atoms with E-state index < -0.39 is 11.7 Å². The SMILES string of the molecule is [C-]#[N+]c1ccc(-c2ccc3c(c2)c2cc(-c4ccc([N+]#[C-])cc4)ccc2n3-c2cc(-c3cccc([N+]#[C-])c3)c(-n3c4ccc(-c5ccc(C#N)cc5)cc4c4cc(-c5ccc(C#N)cc5)ccc43)cc2C(F)(F)F)cc1. The van der Waals surface area contributed by atoms with Crippen molar-refractivity contribution in [1.82, 2.24) is 9.13 Å². The van der Waals surface area contributed by atoms with E-state index >= 15 is 13.2 Å². The Kier molecular flexibility index (Phi) is 11.1. The second kappa shape index (κ2) is 18.3. The van der Waals surface area contributed by atoms with Gasteiger partial charge in [0.05, 0.1) is 82.0 Å². The summed E-state index contributed by atoms with van der Waals surface area (Å²) in [5, 5.41) is 22.0. The monoisotopic (exact) mass is 981 g/mol. The van der Waals surface area contributed by atoms with Gasteiger partial charge in [0, 0.05) is 27.1 Å². The van der Waals surface area contributed by atoms with Crippen molar-refractivity contribution in [2.75, 3.05) is 0 Å². The highest BCUT2D eigenvalue weighted by atomic mass is 19.4. The van der Waals surface area contributed by atoms with E-state index in [1.54, 1.807) is 77.4 Å². The van der Waals surface area contributed by atoms with Crippen molar-refractivity contribution < 1.29 is 13.2 Å². The Morgan fingerprint density at radius 3 is 1.07 bits per heavy atom. The first kappa shape index (κ1) is 46.1. The molecular weight excluding hydrogens is 948 g/mol. The van der Waals surface area contributed by atoms with E-state index in [2.05, 4.69) is 26.7 Å². The van der Waals surface area contributed by atoms with Crippen LogP contribution in [0.25, 0.3) is 125 Å². The second-order valence-electron chi connectivity index (χ2n) is 18.3. The fourth-order valence-corrected chi connectivity index (χ4v) is 10.4. The standard InChI is InChI=1S/C66H34F3N7/c1-72-51-23-15-44(16-24-51)48-21-29-62-57(34-48)58-35-49(45-17-25-52(73-2)26-18-45)22-30-63(58)76(62)65-36-54(50-5-4-6-53(31-50)74-3)64(37-59(65)66(67,68)69)75-60-27-19-46(42-11-7-40(38-70)8-12-42)32-55(60)56-33-47(20-28-61(56)75)43-13-9-41(39-71)10-14-43/h4-37H. The maximum absolute atomic E-state index is 16.5. The molecule has 0 amide bonds. The van der Waals surface area contributed by atoms with Gasteiger partial charge in [0.25, 0.3) is 0 Å². The Morgan fingerprint density at radius 2 is 0.711 bits per heavy atom. The van der Waals surface area contributed by atoms with Crippen molar-refractivity contribution in [3.8, 4) is 79.1 Å². The van der Waals surface area contributed by atoms with Gasteiger partial charge < -0.3 is 9.13 Å². The van der Waals surface area contributed by atoms with Crippen LogP contribution >= 0.6 is 0 Å². The molecular formula is C66H34F3N7. The summed E-state index contributed by atoms with van der Waals surface area (Å²) in [5.41, 5.74) is 11.5. The number of hydrogen-bond acceptors (Lipinski definition) is 2. The van der Waals surface area contributed by atoms with Crippen LogP contribution in [0.1, 0.15) is 16.7 Å². The molecule has 0 unspecified atom stereocenters. The van der Waals surface area contributed by atoms with Crippen molar-refractivity contribution in [2.24, 2.45) is 0 Å². The Labute approximate surface area is 434 Å². The van der Waals surface area contributed by atoms with E-state index in [0.29, 0.717) is 72.2 Å². The summed E-state index contributed by atoms with van der Waals surface area (Å²) in [7, 11) is 0. The fraction of sp³-hybridized carbons (Fsp3) is 0.0152. The summed E-state index contributed by atoms with van der Waals surface area (Å²) in [6.07, 6.45) is -4.89. The van der Waals surface area contributed by atoms with Crippen molar-refractivity contribution in [3.05, 3.63) is 257 Å². The molecule has 7 nitrogen and oxygen atoms in total. The molecule has 0 fully saturated rings. The molecule has 10 aromatic carbocycles. The van der Waals surface area contributed by atoms with Crippen molar-refractivity contribution in [3.63, 3.8) is 0 Å². The number of alkyl halides is 3. The molecule has 10 heteroatoms. The zero-order valence-electron chi connectivity index (χ0n) is 39.9. The zero-order valence-corrected chi connectivity index (χ0v) is 39.9. The fourth-order valence-electron chi connectivity index (χ4n) is 10.4. The minimum Gasteiger partial charge on any atom is -0.309 e. The largest absolute Gasteiger partial charge is 0.418 e. The maximum atomic E-state index is 16.5. The molecule has 0 saturated carbocycles. The molecule has 2 heterocycles. The number of rotatable bonds is 7. The third kappa shape index (κ3) is 7.92. The van der Waals surface area contributed by atoms with Gasteiger partial charge in [-0.05, 0) is 141 Å². The van der Waals surface area contributed by atoms with Gasteiger partial charge in [-0.15, -0.1) is 0 Å². The smallest absolute Gasteiger partial charge is 0.309 e. The molecule has 354 valence electrons. The molecule has 0 N–H and O–H groups in total. The molecule has 2 aromatic heterocycles. The van der Waals surface area contributed by atoms with Crippen LogP contribution in [0.2, 0.25) is 0 Å². The molecule has 0 bridgehead atoms. The van der Waals surface area contributed by atoms with Gasteiger partial charge in [-0.25, -0.2) is 14.5 Å². The molecule has 0 saturated heterocycles. The molecule has 0 aliphatic carbocycles. The van der Waals surface area contributed by atoms with E-state index in [1.165, 1.54) is 6.07 Å². The lowest BCUT2D eigenvalue weighted by Crippen LogP contribution is -2.13.